The van der Waals surface area contributed by atoms with Crippen molar-refractivity contribution in [3.63, 3.8) is 0 Å². The summed E-state index contributed by atoms with van der Waals surface area (Å²) in [5.41, 5.74) is 3.53. The monoisotopic (exact) mass is 404 g/mol. The highest BCUT2D eigenvalue weighted by molar-refractivity contribution is 6.01. The van der Waals surface area contributed by atoms with E-state index in [1.54, 1.807) is 24.3 Å². The van der Waals surface area contributed by atoms with Crippen molar-refractivity contribution in [3.8, 4) is 12.1 Å². The number of benzene rings is 1. The fraction of sp³-hybridized carbons (Fsp3) is 0.304. The Morgan fingerprint density at radius 3 is 2.47 bits per heavy atom. The molecule has 0 aliphatic carbocycles. The normalized spacial score (nSPS) is 11.9. The average Bonchev–Trinajstić information content (AvgIpc) is 3.00. The first kappa shape index (κ1) is 22.4. The van der Waals surface area contributed by atoms with Crippen LogP contribution in [-0.2, 0) is 20.9 Å². The van der Waals surface area contributed by atoms with E-state index in [-0.39, 0.29) is 5.57 Å². The van der Waals surface area contributed by atoms with Gasteiger partial charge in [0, 0.05) is 23.6 Å². The van der Waals surface area contributed by atoms with E-state index in [4.69, 9.17) is 10.00 Å². The second kappa shape index (κ2) is 10.1. The van der Waals surface area contributed by atoms with E-state index in [1.807, 2.05) is 32.1 Å². The van der Waals surface area contributed by atoms with Crippen molar-refractivity contribution in [2.75, 3.05) is 5.32 Å². The van der Waals surface area contributed by atoms with Crippen molar-refractivity contribution in [2.45, 2.75) is 46.8 Å². The Bertz CT molecular complexity index is 1050. The number of amides is 1. The zero-order valence-electron chi connectivity index (χ0n) is 17.5. The summed E-state index contributed by atoms with van der Waals surface area (Å²) in [6.07, 6.45) is 1.36. The maximum absolute atomic E-state index is 12.4. The van der Waals surface area contributed by atoms with Gasteiger partial charge in [0.2, 0.25) is 0 Å². The molecule has 7 nitrogen and oxygen atoms in total. The Balaban J connectivity index is 2.09. The first-order chi connectivity index (χ1) is 14.3. The van der Waals surface area contributed by atoms with Gasteiger partial charge in [-0.2, -0.15) is 10.5 Å². The molecule has 1 aromatic carbocycles. The number of carbonyl (C=O) groups excluding carboxylic acids is 2. The van der Waals surface area contributed by atoms with E-state index in [0.717, 1.165) is 29.9 Å². The maximum atomic E-state index is 12.4. The van der Waals surface area contributed by atoms with E-state index in [1.165, 1.54) is 13.0 Å². The fourth-order valence-corrected chi connectivity index (χ4v) is 2.98. The third-order valence-corrected chi connectivity index (χ3v) is 4.63. The summed E-state index contributed by atoms with van der Waals surface area (Å²) < 4.78 is 7.30. The molecule has 1 amide bonds. The van der Waals surface area contributed by atoms with Crippen LogP contribution in [-0.4, -0.2) is 22.5 Å². The number of nitrogens with one attached hydrogen (secondary N) is 1. The molecule has 0 radical (unpaired) electrons. The van der Waals surface area contributed by atoms with Crippen LogP contribution in [0.5, 0.6) is 0 Å². The van der Waals surface area contributed by atoms with Crippen LogP contribution in [0.15, 0.2) is 35.9 Å². The molecule has 0 bridgehead atoms. The SMILES string of the molecule is CCCn1c(C)cc(/C=C(\C#N)C(=O)O[C@@H](C)C(=O)Nc2ccc(C#N)cc2)c1C. The number of nitrogens with zero attached hydrogens (tertiary/aromatic N) is 3. The topological polar surface area (TPSA) is 108 Å². The van der Waals surface area contributed by atoms with Gasteiger partial charge < -0.3 is 14.6 Å². The molecule has 2 rings (SSSR count). The minimum absolute atomic E-state index is 0.176. The number of hydrogen-bond acceptors (Lipinski definition) is 5. The predicted octanol–water partition coefficient (Wildman–Crippen LogP) is 3.86. The molecule has 0 spiro atoms. The maximum Gasteiger partial charge on any atom is 0.349 e. The molecule has 1 atom stereocenters. The quantitative estimate of drug-likeness (QED) is 0.428. The summed E-state index contributed by atoms with van der Waals surface area (Å²) in [6, 6.07) is 12.1. The molecule has 0 saturated carbocycles. The Labute approximate surface area is 176 Å². The van der Waals surface area contributed by atoms with Crippen LogP contribution in [0.3, 0.4) is 0 Å². The van der Waals surface area contributed by atoms with Crippen LogP contribution in [0.2, 0.25) is 0 Å². The molecule has 1 heterocycles. The summed E-state index contributed by atoms with van der Waals surface area (Å²) in [7, 11) is 0. The van der Waals surface area contributed by atoms with E-state index in [2.05, 4.69) is 16.8 Å². The molecular formula is C23H24N4O3. The molecule has 154 valence electrons. The summed E-state index contributed by atoms with van der Waals surface area (Å²) in [4.78, 5) is 24.7. The number of aromatic nitrogens is 1. The molecule has 1 aromatic heterocycles. The van der Waals surface area contributed by atoms with Gasteiger partial charge in [-0.3, -0.25) is 4.79 Å². The standard InChI is InChI=1S/C23H24N4O3/c1-5-10-27-15(2)11-19(16(27)3)12-20(14-25)23(29)30-17(4)22(28)26-21-8-6-18(13-24)7-9-21/h6-9,11-12,17H,5,10H2,1-4H3,(H,26,28)/b20-12+/t17-/m0/s1. The van der Waals surface area contributed by atoms with Crippen molar-refractivity contribution >= 4 is 23.6 Å². The number of rotatable bonds is 7. The van der Waals surface area contributed by atoms with Crippen molar-refractivity contribution in [1.29, 1.82) is 10.5 Å². The second-order valence-corrected chi connectivity index (χ2v) is 6.87. The van der Waals surface area contributed by atoms with Gasteiger partial charge in [0.25, 0.3) is 5.91 Å². The molecule has 0 unspecified atom stereocenters. The lowest BCUT2D eigenvalue weighted by Crippen LogP contribution is -2.30. The zero-order chi connectivity index (χ0) is 22.3. The molecular weight excluding hydrogens is 380 g/mol. The van der Waals surface area contributed by atoms with Crippen LogP contribution >= 0.6 is 0 Å². The van der Waals surface area contributed by atoms with Crippen LogP contribution in [0, 0.1) is 36.5 Å². The number of hydrogen-bond donors (Lipinski definition) is 1. The van der Waals surface area contributed by atoms with E-state index in [9.17, 15) is 14.9 Å². The first-order valence-corrected chi connectivity index (χ1v) is 9.61. The number of esters is 1. The number of ether oxygens (including phenoxy) is 1. The van der Waals surface area contributed by atoms with Crippen molar-refractivity contribution in [1.82, 2.24) is 4.57 Å². The lowest BCUT2D eigenvalue weighted by atomic mass is 10.1. The predicted molar refractivity (Wildman–Crippen MR) is 113 cm³/mol. The molecule has 2 aromatic rings. The molecule has 7 heteroatoms. The lowest BCUT2D eigenvalue weighted by molar-refractivity contribution is -0.148. The van der Waals surface area contributed by atoms with Crippen LogP contribution < -0.4 is 5.32 Å². The average molecular weight is 404 g/mol. The van der Waals surface area contributed by atoms with E-state index >= 15 is 0 Å². The third-order valence-electron chi connectivity index (χ3n) is 4.63. The number of aryl methyl sites for hydroxylation is 1. The highest BCUT2D eigenvalue weighted by Gasteiger charge is 2.21. The lowest BCUT2D eigenvalue weighted by Gasteiger charge is -2.13. The summed E-state index contributed by atoms with van der Waals surface area (Å²) in [6.45, 7) is 8.27. The van der Waals surface area contributed by atoms with Crippen molar-refractivity contribution < 1.29 is 14.3 Å². The molecule has 0 aliphatic heterocycles. The first-order valence-electron chi connectivity index (χ1n) is 9.61. The highest BCUT2D eigenvalue weighted by Crippen LogP contribution is 2.19. The minimum atomic E-state index is -1.10. The number of anilines is 1. The van der Waals surface area contributed by atoms with Gasteiger partial charge in [-0.05, 0) is 69.2 Å². The van der Waals surface area contributed by atoms with Gasteiger partial charge >= 0.3 is 5.97 Å². The molecule has 0 fully saturated rings. The second-order valence-electron chi connectivity index (χ2n) is 6.87. The summed E-state index contributed by atoms with van der Waals surface area (Å²) in [5, 5.41) is 20.8. The fourth-order valence-electron chi connectivity index (χ4n) is 2.98. The number of nitriles is 2. The molecule has 0 aliphatic rings. The van der Waals surface area contributed by atoms with Crippen LogP contribution in [0.1, 0.15) is 42.8 Å². The summed E-state index contributed by atoms with van der Waals surface area (Å²) >= 11 is 0. The Morgan fingerprint density at radius 2 is 1.90 bits per heavy atom. The largest absolute Gasteiger partial charge is 0.448 e. The van der Waals surface area contributed by atoms with Crippen molar-refractivity contribution in [2.24, 2.45) is 0 Å². The Kier molecular flexibility index (Phi) is 7.55. The number of carbonyl (C=O) groups is 2. The van der Waals surface area contributed by atoms with Crippen LogP contribution in [0.25, 0.3) is 6.08 Å². The zero-order valence-corrected chi connectivity index (χ0v) is 17.5. The van der Waals surface area contributed by atoms with E-state index < -0.39 is 18.0 Å². The van der Waals surface area contributed by atoms with Crippen LogP contribution in [0.4, 0.5) is 5.69 Å². The van der Waals surface area contributed by atoms with E-state index in [0.29, 0.717) is 11.3 Å². The van der Waals surface area contributed by atoms with Gasteiger partial charge in [0.05, 0.1) is 11.6 Å². The minimum Gasteiger partial charge on any atom is -0.448 e. The van der Waals surface area contributed by atoms with Gasteiger partial charge in [0.15, 0.2) is 6.10 Å². The molecule has 0 saturated heterocycles. The third kappa shape index (κ3) is 5.36. The molecule has 1 N–H and O–H groups in total. The Morgan fingerprint density at radius 1 is 1.23 bits per heavy atom. The highest BCUT2D eigenvalue weighted by atomic mass is 16.5. The summed E-state index contributed by atoms with van der Waals surface area (Å²) in [5.74, 6) is -1.40. The molecule has 30 heavy (non-hydrogen) atoms. The van der Waals surface area contributed by atoms with Gasteiger partial charge in [0.1, 0.15) is 11.6 Å². The Hall–Kier alpha value is -3.84. The van der Waals surface area contributed by atoms with Crippen molar-refractivity contribution in [3.05, 3.63) is 58.4 Å². The van der Waals surface area contributed by atoms with Gasteiger partial charge in [-0.1, -0.05) is 6.92 Å². The smallest absolute Gasteiger partial charge is 0.349 e. The van der Waals surface area contributed by atoms with Gasteiger partial charge in [-0.15, -0.1) is 0 Å². The van der Waals surface area contributed by atoms with Gasteiger partial charge in [-0.25, -0.2) is 4.79 Å².